The molecule has 114 valence electrons. The second kappa shape index (κ2) is 5.27. The van der Waals surface area contributed by atoms with Gasteiger partial charge in [0.25, 0.3) is 0 Å². The van der Waals surface area contributed by atoms with Crippen LogP contribution in [0.4, 0.5) is 0 Å². The molecular weight excluding hydrogens is 252 g/mol. The lowest BCUT2D eigenvalue weighted by Gasteiger charge is -2.26. The summed E-state index contributed by atoms with van der Waals surface area (Å²) >= 11 is 0. The van der Waals surface area contributed by atoms with Gasteiger partial charge in [-0.05, 0) is 56.4 Å². The molecule has 0 radical (unpaired) electrons. The number of allylic oxidation sites excluding steroid dienone is 2. The molecule has 0 spiro atoms. The largest absolute Gasteiger partial charge is 0.353 e. The Morgan fingerprint density at radius 3 is 2.45 bits per heavy atom. The van der Waals surface area contributed by atoms with E-state index in [1.54, 1.807) is 14.2 Å². The Balaban J connectivity index is 2.01. The Morgan fingerprint density at radius 1 is 1.35 bits per heavy atom. The number of ketones is 1. The molecule has 0 amide bonds. The summed E-state index contributed by atoms with van der Waals surface area (Å²) in [4.78, 5) is 12.2. The first-order valence-corrected chi connectivity index (χ1v) is 7.57. The number of hydrogen-bond acceptors (Lipinski definition) is 3. The molecule has 2 fully saturated rings. The molecular formula is C17H28O3. The lowest BCUT2D eigenvalue weighted by molar-refractivity contribution is -0.198. The summed E-state index contributed by atoms with van der Waals surface area (Å²) in [7, 11) is 3.38. The van der Waals surface area contributed by atoms with Crippen LogP contribution >= 0.6 is 0 Å². The zero-order valence-electron chi connectivity index (χ0n) is 13.7. The van der Waals surface area contributed by atoms with Crippen molar-refractivity contribution < 1.29 is 14.3 Å². The highest BCUT2D eigenvalue weighted by Crippen LogP contribution is 2.68. The van der Waals surface area contributed by atoms with Gasteiger partial charge in [-0.25, -0.2) is 0 Å². The fraction of sp³-hybridized carbons (Fsp3) is 0.824. The van der Waals surface area contributed by atoms with Crippen LogP contribution in [0.2, 0.25) is 0 Å². The second-order valence-corrected chi connectivity index (χ2v) is 7.08. The fourth-order valence-corrected chi connectivity index (χ4v) is 3.91. The lowest BCUT2D eigenvalue weighted by Crippen LogP contribution is -2.29. The number of fused-ring (bicyclic) bond motifs is 1. The maximum atomic E-state index is 12.2. The predicted octanol–water partition coefficient (Wildman–Crippen LogP) is 3.73. The van der Waals surface area contributed by atoms with Crippen molar-refractivity contribution >= 4 is 5.78 Å². The third kappa shape index (κ3) is 2.58. The molecule has 3 unspecified atom stereocenters. The topological polar surface area (TPSA) is 35.5 Å². The minimum Gasteiger partial charge on any atom is -0.353 e. The van der Waals surface area contributed by atoms with Gasteiger partial charge in [0, 0.05) is 27.1 Å². The highest BCUT2D eigenvalue weighted by molar-refractivity contribution is 5.98. The smallest absolute Gasteiger partial charge is 0.164 e. The summed E-state index contributed by atoms with van der Waals surface area (Å²) in [6.07, 6.45) is 3.65. The van der Waals surface area contributed by atoms with Crippen molar-refractivity contribution in [3.8, 4) is 0 Å². The molecule has 0 aromatic carbocycles. The van der Waals surface area contributed by atoms with Crippen LogP contribution in [-0.4, -0.2) is 25.8 Å². The van der Waals surface area contributed by atoms with Gasteiger partial charge in [-0.2, -0.15) is 0 Å². The van der Waals surface area contributed by atoms with E-state index in [1.807, 2.05) is 6.92 Å². The summed E-state index contributed by atoms with van der Waals surface area (Å²) < 4.78 is 10.9. The first-order chi connectivity index (χ1) is 9.27. The van der Waals surface area contributed by atoms with E-state index in [4.69, 9.17) is 9.47 Å². The average molecular weight is 280 g/mol. The first kappa shape index (κ1) is 15.7. The van der Waals surface area contributed by atoms with Gasteiger partial charge in [0.2, 0.25) is 0 Å². The van der Waals surface area contributed by atoms with Gasteiger partial charge in [0.05, 0.1) is 0 Å². The minimum atomic E-state index is -0.495. The number of carbonyl (C=O) groups is 1. The molecule has 0 N–H and O–H groups in total. The molecule has 2 aliphatic rings. The molecule has 0 aromatic heterocycles. The van der Waals surface area contributed by atoms with E-state index in [9.17, 15) is 4.79 Å². The third-order valence-corrected chi connectivity index (χ3v) is 5.75. The molecule has 3 heteroatoms. The van der Waals surface area contributed by atoms with Gasteiger partial charge < -0.3 is 9.47 Å². The Bertz CT molecular complexity index is 430. The quantitative estimate of drug-likeness (QED) is 0.568. The van der Waals surface area contributed by atoms with Crippen LogP contribution in [0.25, 0.3) is 0 Å². The van der Waals surface area contributed by atoms with Crippen molar-refractivity contribution in [2.24, 2.45) is 17.3 Å². The number of carbonyl (C=O) groups excluding carboxylic acids is 1. The molecule has 0 aliphatic heterocycles. The maximum absolute atomic E-state index is 12.2. The van der Waals surface area contributed by atoms with Gasteiger partial charge >= 0.3 is 0 Å². The van der Waals surface area contributed by atoms with Gasteiger partial charge in [0.15, 0.2) is 11.6 Å². The van der Waals surface area contributed by atoms with E-state index in [2.05, 4.69) is 20.8 Å². The van der Waals surface area contributed by atoms with Crippen LogP contribution < -0.4 is 0 Å². The summed E-state index contributed by atoms with van der Waals surface area (Å²) in [5, 5.41) is 0. The Hall–Kier alpha value is -0.670. The van der Waals surface area contributed by atoms with Crippen LogP contribution in [0, 0.1) is 17.3 Å². The van der Waals surface area contributed by atoms with Crippen molar-refractivity contribution in [1.82, 2.24) is 0 Å². The number of Topliss-reactive ketones (excluding diaryl/α,β-unsaturated/α-hetero) is 1. The highest BCUT2D eigenvalue weighted by Gasteiger charge is 2.63. The van der Waals surface area contributed by atoms with Crippen molar-refractivity contribution in [2.75, 3.05) is 14.2 Å². The Kier molecular flexibility index (Phi) is 4.14. The number of methoxy groups -OCH3 is 2. The summed E-state index contributed by atoms with van der Waals surface area (Å²) in [5.74, 6) is 1.18. The summed E-state index contributed by atoms with van der Waals surface area (Å²) in [5.41, 5.74) is 2.50. The normalized spacial score (nSPS) is 33.1. The molecule has 0 heterocycles. The molecule has 3 nitrogen and oxygen atoms in total. The molecule has 2 rings (SSSR count). The van der Waals surface area contributed by atoms with E-state index in [0.717, 1.165) is 31.3 Å². The van der Waals surface area contributed by atoms with E-state index in [0.29, 0.717) is 17.6 Å². The van der Waals surface area contributed by atoms with Gasteiger partial charge in [0.1, 0.15) is 0 Å². The average Bonchev–Trinajstić information content (AvgIpc) is 2.97. The number of ether oxygens (including phenoxy) is 2. The first-order valence-electron chi connectivity index (χ1n) is 7.57. The van der Waals surface area contributed by atoms with Crippen LogP contribution in [-0.2, 0) is 14.3 Å². The van der Waals surface area contributed by atoms with Crippen molar-refractivity contribution in [3.63, 3.8) is 0 Å². The molecule has 0 saturated heterocycles. The monoisotopic (exact) mass is 280 g/mol. The van der Waals surface area contributed by atoms with Crippen molar-refractivity contribution in [2.45, 2.75) is 59.2 Å². The Labute approximate surface area is 122 Å². The van der Waals surface area contributed by atoms with Crippen molar-refractivity contribution in [3.05, 3.63) is 11.1 Å². The molecule has 0 aromatic rings. The van der Waals surface area contributed by atoms with Gasteiger partial charge in [-0.15, -0.1) is 0 Å². The van der Waals surface area contributed by atoms with E-state index < -0.39 is 5.79 Å². The Morgan fingerprint density at radius 2 is 1.95 bits per heavy atom. The molecule has 20 heavy (non-hydrogen) atoms. The van der Waals surface area contributed by atoms with Crippen LogP contribution in [0.1, 0.15) is 53.4 Å². The van der Waals surface area contributed by atoms with E-state index >= 15 is 0 Å². The molecule has 3 atom stereocenters. The second-order valence-electron chi connectivity index (χ2n) is 7.08. The number of hydrogen-bond donors (Lipinski definition) is 0. The van der Waals surface area contributed by atoms with Crippen LogP contribution in [0.3, 0.4) is 0 Å². The SMILES string of the molecule is COC(C)(CCC1C2CC(=C(C)C)C(=O)CC12C)OC. The summed E-state index contributed by atoms with van der Waals surface area (Å²) in [6.45, 7) is 8.37. The van der Waals surface area contributed by atoms with Crippen LogP contribution in [0.15, 0.2) is 11.1 Å². The maximum Gasteiger partial charge on any atom is 0.164 e. The van der Waals surface area contributed by atoms with E-state index in [-0.39, 0.29) is 5.41 Å². The molecule has 2 aliphatic carbocycles. The fourth-order valence-electron chi connectivity index (χ4n) is 3.91. The van der Waals surface area contributed by atoms with Gasteiger partial charge in [-0.3, -0.25) is 4.79 Å². The minimum absolute atomic E-state index is 0.221. The van der Waals surface area contributed by atoms with Crippen molar-refractivity contribution in [1.29, 1.82) is 0 Å². The van der Waals surface area contributed by atoms with Crippen LogP contribution in [0.5, 0.6) is 0 Å². The predicted molar refractivity (Wildman–Crippen MR) is 79.4 cm³/mol. The third-order valence-electron chi connectivity index (χ3n) is 5.75. The van der Waals surface area contributed by atoms with E-state index in [1.165, 1.54) is 5.57 Å². The lowest BCUT2D eigenvalue weighted by atomic mass is 9.84. The molecule has 2 saturated carbocycles. The molecule has 0 bridgehead atoms. The number of rotatable bonds is 5. The van der Waals surface area contributed by atoms with Gasteiger partial charge in [-0.1, -0.05) is 12.5 Å². The summed E-state index contributed by atoms with van der Waals surface area (Å²) in [6, 6.07) is 0. The standard InChI is InChI=1S/C17H28O3/c1-11(2)12-9-14-13(16(14,3)10-15(12)18)7-8-17(4,19-5)20-6/h13-14H,7-10H2,1-6H3. The highest BCUT2D eigenvalue weighted by atomic mass is 16.7. The zero-order valence-corrected chi connectivity index (χ0v) is 13.7. The zero-order chi connectivity index (χ0) is 15.1.